The minimum Gasteiger partial charge on any atom is -0.338 e. The number of anilines is 1. The summed E-state index contributed by atoms with van der Waals surface area (Å²) in [4.78, 5) is 32.8. The van der Waals surface area contributed by atoms with Crippen LogP contribution in [0.1, 0.15) is 21.7 Å². The van der Waals surface area contributed by atoms with Gasteiger partial charge in [0.25, 0.3) is 5.91 Å². The van der Waals surface area contributed by atoms with E-state index in [0.717, 1.165) is 28.0 Å². The Labute approximate surface area is 204 Å². The molecule has 0 unspecified atom stereocenters. The zero-order valence-electron chi connectivity index (χ0n) is 20.0. The number of carbonyl (C=O) groups excluding carboxylic acids is 2. The third kappa shape index (κ3) is 4.79. The van der Waals surface area contributed by atoms with Gasteiger partial charge in [-0.05, 0) is 56.3 Å². The van der Waals surface area contributed by atoms with Gasteiger partial charge in [0.1, 0.15) is 6.54 Å². The standard InChI is InChI=1S/C27H28N6O2/c1-20-17-21(2)32(29-20)19-26(34)30-13-15-31(16-14-30)33(27(35)22-7-4-3-5-8-22)24-10-11-25-23(18-24)9-6-12-28-25/h3-12,17-18H,13-16,19H2,1-2H3. The number of pyridine rings is 1. The molecule has 1 saturated heterocycles. The first-order chi connectivity index (χ1) is 17.0. The third-order valence-electron chi connectivity index (χ3n) is 6.32. The number of benzene rings is 2. The van der Waals surface area contributed by atoms with E-state index in [4.69, 9.17) is 0 Å². The van der Waals surface area contributed by atoms with Crippen LogP contribution in [0.5, 0.6) is 0 Å². The zero-order chi connectivity index (χ0) is 24.4. The number of hydrazine groups is 1. The molecule has 0 aliphatic carbocycles. The maximum Gasteiger partial charge on any atom is 0.272 e. The van der Waals surface area contributed by atoms with E-state index in [1.165, 1.54) is 0 Å². The van der Waals surface area contributed by atoms with Gasteiger partial charge >= 0.3 is 0 Å². The molecular formula is C27H28N6O2. The zero-order valence-corrected chi connectivity index (χ0v) is 20.0. The van der Waals surface area contributed by atoms with Crippen molar-refractivity contribution in [3.05, 3.63) is 89.9 Å². The summed E-state index contributed by atoms with van der Waals surface area (Å²) >= 11 is 0. The molecule has 1 aliphatic rings. The van der Waals surface area contributed by atoms with Gasteiger partial charge in [-0.2, -0.15) is 5.10 Å². The predicted octanol–water partition coefficient (Wildman–Crippen LogP) is 3.45. The molecule has 8 heteroatoms. The molecule has 1 aliphatic heterocycles. The van der Waals surface area contributed by atoms with Gasteiger partial charge in [0.05, 0.1) is 16.9 Å². The SMILES string of the molecule is Cc1cc(C)n(CC(=O)N2CCN(N(C(=O)c3ccccc3)c3ccc4ncccc4c3)CC2)n1. The first kappa shape index (κ1) is 22.7. The molecular weight excluding hydrogens is 440 g/mol. The molecule has 0 radical (unpaired) electrons. The minimum absolute atomic E-state index is 0.0357. The van der Waals surface area contributed by atoms with E-state index in [1.54, 1.807) is 15.9 Å². The Morgan fingerprint density at radius 1 is 0.914 bits per heavy atom. The van der Waals surface area contributed by atoms with Crippen LogP contribution >= 0.6 is 0 Å². The third-order valence-corrected chi connectivity index (χ3v) is 6.32. The van der Waals surface area contributed by atoms with Crippen molar-refractivity contribution < 1.29 is 9.59 Å². The molecule has 1 fully saturated rings. The highest BCUT2D eigenvalue weighted by Crippen LogP contribution is 2.25. The molecule has 0 bridgehead atoms. The van der Waals surface area contributed by atoms with Gasteiger partial charge < -0.3 is 4.90 Å². The number of carbonyl (C=O) groups is 2. The van der Waals surface area contributed by atoms with Gasteiger partial charge in [-0.25, -0.2) is 10.0 Å². The summed E-state index contributed by atoms with van der Waals surface area (Å²) in [6.45, 7) is 6.27. The highest BCUT2D eigenvalue weighted by molar-refractivity contribution is 6.06. The van der Waals surface area contributed by atoms with E-state index in [9.17, 15) is 9.59 Å². The topological polar surface area (TPSA) is 74.6 Å². The Morgan fingerprint density at radius 3 is 2.40 bits per heavy atom. The number of piperazine rings is 1. The molecule has 4 aromatic rings. The van der Waals surface area contributed by atoms with Gasteiger partial charge in [0, 0.05) is 49.0 Å². The largest absolute Gasteiger partial charge is 0.338 e. The van der Waals surface area contributed by atoms with Crippen LogP contribution < -0.4 is 5.01 Å². The van der Waals surface area contributed by atoms with Crippen molar-refractivity contribution >= 4 is 28.4 Å². The molecule has 178 valence electrons. The Morgan fingerprint density at radius 2 is 1.69 bits per heavy atom. The Bertz CT molecular complexity index is 1360. The highest BCUT2D eigenvalue weighted by Gasteiger charge is 2.30. The number of rotatable bonds is 5. The van der Waals surface area contributed by atoms with E-state index in [-0.39, 0.29) is 18.4 Å². The molecule has 0 N–H and O–H groups in total. The number of nitrogens with zero attached hydrogens (tertiary/aromatic N) is 6. The lowest BCUT2D eigenvalue weighted by molar-refractivity contribution is -0.133. The number of aryl methyl sites for hydroxylation is 2. The summed E-state index contributed by atoms with van der Waals surface area (Å²) in [5, 5.41) is 9.15. The van der Waals surface area contributed by atoms with Crippen molar-refractivity contribution in [2.75, 3.05) is 31.2 Å². The van der Waals surface area contributed by atoms with E-state index < -0.39 is 0 Å². The summed E-state index contributed by atoms with van der Waals surface area (Å²) in [7, 11) is 0. The van der Waals surface area contributed by atoms with Gasteiger partial charge in [0.15, 0.2) is 0 Å². The van der Waals surface area contributed by atoms with Crippen LogP contribution in [0.3, 0.4) is 0 Å². The van der Waals surface area contributed by atoms with Crippen molar-refractivity contribution in [1.29, 1.82) is 0 Å². The smallest absolute Gasteiger partial charge is 0.272 e. The van der Waals surface area contributed by atoms with Gasteiger partial charge in [-0.3, -0.25) is 19.3 Å². The van der Waals surface area contributed by atoms with E-state index >= 15 is 0 Å². The van der Waals surface area contributed by atoms with Crippen LogP contribution in [0, 0.1) is 13.8 Å². The molecule has 0 saturated carbocycles. The van der Waals surface area contributed by atoms with Crippen LogP contribution in [0.4, 0.5) is 5.69 Å². The summed E-state index contributed by atoms with van der Waals surface area (Å²) in [5.74, 6) is -0.0650. The maximum atomic E-state index is 13.7. The Balaban J connectivity index is 1.37. The van der Waals surface area contributed by atoms with Crippen LogP contribution in [0.2, 0.25) is 0 Å². The monoisotopic (exact) mass is 468 g/mol. The quantitative estimate of drug-likeness (QED) is 0.449. The van der Waals surface area contributed by atoms with Crippen molar-refractivity contribution in [2.45, 2.75) is 20.4 Å². The van der Waals surface area contributed by atoms with Crippen molar-refractivity contribution in [1.82, 2.24) is 24.7 Å². The number of hydrogen-bond acceptors (Lipinski definition) is 5. The minimum atomic E-state index is -0.101. The van der Waals surface area contributed by atoms with E-state index in [2.05, 4.69) is 10.1 Å². The van der Waals surface area contributed by atoms with Crippen molar-refractivity contribution in [3.8, 4) is 0 Å². The van der Waals surface area contributed by atoms with Crippen LogP contribution in [-0.2, 0) is 11.3 Å². The maximum absolute atomic E-state index is 13.7. The summed E-state index contributed by atoms with van der Waals surface area (Å²) in [6.07, 6.45) is 1.76. The average Bonchev–Trinajstić information content (AvgIpc) is 3.21. The highest BCUT2D eigenvalue weighted by atomic mass is 16.2. The Kier molecular flexibility index (Phi) is 6.29. The first-order valence-corrected chi connectivity index (χ1v) is 11.8. The number of amides is 2. The summed E-state index contributed by atoms with van der Waals surface area (Å²) < 4.78 is 1.75. The lowest BCUT2D eigenvalue weighted by Gasteiger charge is -2.41. The average molecular weight is 469 g/mol. The van der Waals surface area contributed by atoms with Crippen molar-refractivity contribution in [2.24, 2.45) is 0 Å². The Hall–Kier alpha value is -4.04. The molecule has 3 heterocycles. The number of hydrogen-bond donors (Lipinski definition) is 0. The molecule has 2 aromatic carbocycles. The van der Waals surface area contributed by atoms with Crippen LogP contribution in [0.15, 0.2) is 72.9 Å². The molecule has 2 aromatic heterocycles. The van der Waals surface area contributed by atoms with Crippen LogP contribution in [0.25, 0.3) is 10.9 Å². The lowest BCUT2D eigenvalue weighted by Crippen LogP contribution is -2.57. The van der Waals surface area contributed by atoms with Gasteiger partial charge in [-0.15, -0.1) is 0 Å². The number of aromatic nitrogens is 3. The number of fused-ring (bicyclic) bond motifs is 1. The molecule has 5 rings (SSSR count). The van der Waals surface area contributed by atoms with E-state index in [1.807, 2.05) is 90.5 Å². The summed E-state index contributed by atoms with van der Waals surface area (Å²) in [6, 6.07) is 21.0. The molecule has 2 amide bonds. The molecule has 35 heavy (non-hydrogen) atoms. The van der Waals surface area contributed by atoms with Gasteiger partial charge in [0.2, 0.25) is 5.91 Å². The van der Waals surface area contributed by atoms with Crippen LogP contribution in [-0.4, -0.2) is 62.7 Å². The molecule has 8 nitrogen and oxygen atoms in total. The fraction of sp³-hybridized carbons (Fsp3) is 0.259. The molecule has 0 atom stereocenters. The second kappa shape index (κ2) is 9.68. The fourth-order valence-electron chi connectivity index (χ4n) is 4.52. The second-order valence-corrected chi connectivity index (χ2v) is 8.78. The lowest BCUT2D eigenvalue weighted by atomic mass is 10.1. The first-order valence-electron chi connectivity index (χ1n) is 11.8. The predicted molar refractivity (Wildman–Crippen MR) is 135 cm³/mol. The van der Waals surface area contributed by atoms with E-state index in [0.29, 0.717) is 31.7 Å². The summed E-state index contributed by atoms with van der Waals surface area (Å²) in [5.41, 5.74) is 4.15. The second-order valence-electron chi connectivity index (χ2n) is 8.78. The van der Waals surface area contributed by atoms with Gasteiger partial charge in [-0.1, -0.05) is 24.3 Å². The molecule has 0 spiro atoms. The fourth-order valence-corrected chi connectivity index (χ4v) is 4.52. The van der Waals surface area contributed by atoms with Crippen molar-refractivity contribution in [3.63, 3.8) is 0 Å². The normalized spacial score (nSPS) is 14.3.